The monoisotopic (exact) mass is 286 g/mol. The van der Waals surface area contributed by atoms with E-state index in [-0.39, 0.29) is 6.04 Å². The Morgan fingerprint density at radius 3 is 2.95 bits per heavy atom. The molecular weight excluding hydrogens is 264 g/mol. The smallest absolute Gasteiger partial charge is 0.241 e. The van der Waals surface area contributed by atoms with Gasteiger partial charge in [-0.15, -0.1) is 0 Å². The van der Waals surface area contributed by atoms with Crippen molar-refractivity contribution in [2.45, 2.75) is 32.9 Å². The lowest BCUT2D eigenvalue weighted by Gasteiger charge is -2.34. The van der Waals surface area contributed by atoms with Crippen molar-refractivity contribution in [3.05, 3.63) is 35.7 Å². The summed E-state index contributed by atoms with van der Waals surface area (Å²) in [5, 5.41) is 4.10. The van der Waals surface area contributed by atoms with Gasteiger partial charge in [-0.3, -0.25) is 4.90 Å². The predicted molar refractivity (Wildman–Crippen MR) is 81.5 cm³/mol. The first-order chi connectivity index (χ1) is 10.1. The maximum Gasteiger partial charge on any atom is 0.241 e. The van der Waals surface area contributed by atoms with Crippen molar-refractivity contribution in [3.8, 4) is 11.4 Å². The maximum absolute atomic E-state index is 6.13. The molecule has 0 spiro atoms. The highest BCUT2D eigenvalue weighted by atomic mass is 16.5. The van der Waals surface area contributed by atoms with Crippen LogP contribution in [0.1, 0.15) is 24.8 Å². The van der Waals surface area contributed by atoms with Gasteiger partial charge in [-0.1, -0.05) is 36.3 Å². The van der Waals surface area contributed by atoms with E-state index < -0.39 is 0 Å². The van der Waals surface area contributed by atoms with Crippen LogP contribution in [0.4, 0.5) is 0 Å². The van der Waals surface area contributed by atoms with Gasteiger partial charge in [0.15, 0.2) is 0 Å². The van der Waals surface area contributed by atoms with Crippen LogP contribution in [0.15, 0.2) is 28.8 Å². The number of nitrogens with two attached hydrogens (primary N) is 1. The molecule has 2 N–H and O–H groups in total. The van der Waals surface area contributed by atoms with Gasteiger partial charge in [-0.05, 0) is 31.4 Å². The second kappa shape index (κ2) is 5.95. The summed E-state index contributed by atoms with van der Waals surface area (Å²) < 4.78 is 5.40. The molecule has 2 aromatic rings. The Morgan fingerprint density at radius 2 is 2.19 bits per heavy atom. The molecule has 3 rings (SSSR count). The average molecular weight is 286 g/mol. The molecular formula is C16H22N4O. The number of likely N-dealkylation sites (tertiary alicyclic amines) is 1. The quantitative estimate of drug-likeness (QED) is 0.937. The summed E-state index contributed by atoms with van der Waals surface area (Å²) in [6, 6.07) is 8.30. The molecule has 2 unspecified atom stereocenters. The number of hydrogen-bond acceptors (Lipinski definition) is 5. The number of rotatable bonds is 3. The van der Waals surface area contributed by atoms with E-state index in [1.165, 1.54) is 0 Å². The summed E-state index contributed by atoms with van der Waals surface area (Å²) in [6.07, 6.45) is 1.12. The summed E-state index contributed by atoms with van der Waals surface area (Å²) in [4.78, 5) is 6.81. The highest BCUT2D eigenvalue weighted by molar-refractivity contribution is 5.58. The van der Waals surface area contributed by atoms with Gasteiger partial charge < -0.3 is 10.3 Å². The van der Waals surface area contributed by atoms with E-state index in [9.17, 15) is 0 Å². The molecule has 5 nitrogen and oxygen atoms in total. The molecule has 0 amide bonds. The molecule has 0 saturated carbocycles. The van der Waals surface area contributed by atoms with Crippen molar-refractivity contribution in [1.29, 1.82) is 0 Å². The summed E-state index contributed by atoms with van der Waals surface area (Å²) in [7, 11) is 0. The second-order valence-electron chi connectivity index (χ2n) is 5.99. The van der Waals surface area contributed by atoms with Crippen LogP contribution in [0.25, 0.3) is 11.4 Å². The van der Waals surface area contributed by atoms with Crippen LogP contribution in [0.3, 0.4) is 0 Å². The minimum absolute atomic E-state index is 0.234. The fraction of sp³-hybridized carbons (Fsp3) is 0.500. The van der Waals surface area contributed by atoms with Crippen molar-refractivity contribution in [2.24, 2.45) is 11.7 Å². The number of benzene rings is 1. The van der Waals surface area contributed by atoms with E-state index in [4.69, 9.17) is 10.3 Å². The SMILES string of the molecule is Cc1ccccc1-c1noc(CN2CCC(C)C(N)C2)n1. The number of aromatic nitrogens is 2. The van der Waals surface area contributed by atoms with Gasteiger partial charge in [0.1, 0.15) is 0 Å². The van der Waals surface area contributed by atoms with Crippen LogP contribution in [-0.4, -0.2) is 34.2 Å². The van der Waals surface area contributed by atoms with Gasteiger partial charge in [-0.25, -0.2) is 0 Å². The Balaban J connectivity index is 1.70. The summed E-state index contributed by atoms with van der Waals surface area (Å²) in [5.74, 6) is 1.92. The third kappa shape index (κ3) is 3.14. The molecule has 112 valence electrons. The highest BCUT2D eigenvalue weighted by Crippen LogP contribution is 2.21. The van der Waals surface area contributed by atoms with Crippen molar-refractivity contribution in [2.75, 3.05) is 13.1 Å². The predicted octanol–water partition coefficient (Wildman–Crippen LogP) is 2.21. The molecule has 2 heterocycles. The second-order valence-corrected chi connectivity index (χ2v) is 5.99. The molecule has 1 aliphatic rings. The largest absolute Gasteiger partial charge is 0.338 e. The Hall–Kier alpha value is -1.72. The highest BCUT2D eigenvalue weighted by Gasteiger charge is 2.24. The third-order valence-corrected chi connectivity index (χ3v) is 4.31. The van der Waals surface area contributed by atoms with Gasteiger partial charge >= 0.3 is 0 Å². The maximum atomic E-state index is 6.13. The van der Waals surface area contributed by atoms with E-state index >= 15 is 0 Å². The molecule has 1 aliphatic heterocycles. The first-order valence-electron chi connectivity index (χ1n) is 7.50. The first kappa shape index (κ1) is 14.2. The molecule has 1 aromatic carbocycles. The summed E-state index contributed by atoms with van der Waals surface area (Å²) >= 11 is 0. The van der Waals surface area contributed by atoms with Gasteiger partial charge in [0.05, 0.1) is 6.54 Å². The molecule has 5 heteroatoms. The summed E-state index contributed by atoms with van der Waals surface area (Å²) in [6.45, 7) is 6.88. The topological polar surface area (TPSA) is 68.2 Å². The van der Waals surface area contributed by atoms with E-state index in [1.54, 1.807) is 0 Å². The minimum atomic E-state index is 0.234. The Kier molecular flexibility index (Phi) is 4.03. The van der Waals surface area contributed by atoms with Crippen molar-refractivity contribution < 1.29 is 4.52 Å². The first-order valence-corrected chi connectivity index (χ1v) is 7.50. The normalized spacial score (nSPS) is 23.4. The zero-order valence-electron chi connectivity index (χ0n) is 12.6. The van der Waals surface area contributed by atoms with Gasteiger partial charge in [0.25, 0.3) is 0 Å². The van der Waals surface area contributed by atoms with Crippen LogP contribution in [-0.2, 0) is 6.54 Å². The minimum Gasteiger partial charge on any atom is -0.338 e. The van der Waals surface area contributed by atoms with Crippen molar-refractivity contribution in [1.82, 2.24) is 15.0 Å². The molecule has 2 atom stereocenters. The Bertz CT molecular complexity index is 610. The molecule has 1 fully saturated rings. The Morgan fingerprint density at radius 1 is 1.38 bits per heavy atom. The zero-order chi connectivity index (χ0) is 14.8. The lowest BCUT2D eigenvalue weighted by Crippen LogP contribution is -2.47. The van der Waals surface area contributed by atoms with E-state index in [2.05, 4.69) is 35.0 Å². The van der Waals surface area contributed by atoms with Crippen LogP contribution in [0.5, 0.6) is 0 Å². The summed E-state index contributed by atoms with van der Waals surface area (Å²) in [5.41, 5.74) is 8.31. The van der Waals surface area contributed by atoms with E-state index in [1.807, 2.05) is 18.2 Å². The standard InChI is InChI=1S/C16H22N4O/c1-11-5-3-4-6-13(11)16-18-15(21-19-16)10-20-8-7-12(2)14(17)9-20/h3-6,12,14H,7-10,17H2,1-2H3. The lowest BCUT2D eigenvalue weighted by molar-refractivity contribution is 0.146. The fourth-order valence-electron chi connectivity index (χ4n) is 2.76. The molecule has 0 radical (unpaired) electrons. The zero-order valence-corrected chi connectivity index (χ0v) is 12.6. The molecule has 0 aliphatic carbocycles. The number of nitrogens with zero attached hydrogens (tertiary/aromatic N) is 3. The van der Waals surface area contributed by atoms with E-state index in [0.29, 0.717) is 24.2 Å². The van der Waals surface area contributed by atoms with Crippen molar-refractivity contribution in [3.63, 3.8) is 0 Å². The number of hydrogen-bond donors (Lipinski definition) is 1. The fourth-order valence-corrected chi connectivity index (χ4v) is 2.76. The number of piperidine rings is 1. The van der Waals surface area contributed by atoms with Gasteiger partial charge in [0, 0.05) is 18.2 Å². The Labute approximate surface area is 125 Å². The van der Waals surface area contributed by atoms with Crippen LogP contribution in [0, 0.1) is 12.8 Å². The number of aryl methyl sites for hydroxylation is 1. The van der Waals surface area contributed by atoms with Crippen LogP contribution in [0.2, 0.25) is 0 Å². The third-order valence-electron chi connectivity index (χ3n) is 4.31. The van der Waals surface area contributed by atoms with Gasteiger partial charge in [0.2, 0.25) is 11.7 Å². The average Bonchev–Trinajstić information content (AvgIpc) is 2.92. The van der Waals surface area contributed by atoms with Crippen LogP contribution >= 0.6 is 0 Å². The molecule has 0 bridgehead atoms. The van der Waals surface area contributed by atoms with Crippen LogP contribution < -0.4 is 5.73 Å². The molecule has 21 heavy (non-hydrogen) atoms. The molecule has 1 aromatic heterocycles. The lowest BCUT2D eigenvalue weighted by atomic mass is 9.94. The van der Waals surface area contributed by atoms with Crippen molar-refractivity contribution >= 4 is 0 Å². The van der Waals surface area contributed by atoms with E-state index in [0.717, 1.165) is 30.6 Å². The molecule has 1 saturated heterocycles. The van der Waals surface area contributed by atoms with Gasteiger partial charge in [-0.2, -0.15) is 4.98 Å².